The van der Waals surface area contributed by atoms with Crippen LogP contribution in [0, 0.1) is 0 Å². The van der Waals surface area contributed by atoms with E-state index in [-0.39, 0.29) is 85.8 Å². The van der Waals surface area contributed by atoms with Gasteiger partial charge < -0.3 is 61.6 Å². The zero-order valence-corrected chi connectivity index (χ0v) is 47.0. The monoisotopic (exact) mass is 1170 g/mol. The number of amides is 7. The maximum absolute atomic E-state index is 15.1. The Labute approximate surface area is 481 Å². The first-order chi connectivity index (χ1) is 40.2. The molecule has 4 aliphatic heterocycles. The first-order valence-electron chi connectivity index (χ1n) is 28.0. The van der Waals surface area contributed by atoms with Crippen molar-refractivity contribution in [3.05, 3.63) is 136 Å². The van der Waals surface area contributed by atoms with Gasteiger partial charge >= 0.3 is 13.3 Å². The van der Waals surface area contributed by atoms with Crippen molar-refractivity contribution in [2.75, 3.05) is 50.7 Å². The molecule has 4 saturated heterocycles. The fraction of sp³-hybridized carbons (Fsp3) is 0.397. The lowest BCUT2D eigenvalue weighted by Gasteiger charge is -2.39. The number of imidazole rings is 1. The van der Waals surface area contributed by atoms with Crippen LogP contribution in [-0.2, 0) is 40.4 Å². The molecule has 84 heavy (non-hydrogen) atoms. The number of aromatic amines is 1. The highest BCUT2D eigenvalue weighted by atomic mass is 31.2. The number of nitrogens with one attached hydrogen (secondary N) is 5. The molecule has 25 nitrogen and oxygen atoms in total. The number of aliphatic hydroxyl groups is 1. The summed E-state index contributed by atoms with van der Waals surface area (Å²) in [6.07, 6.45) is -0.207. The number of carbonyl (C=O) groups excluding carboxylic acids is 8. The summed E-state index contributed by atoms with van der Waals surface area (Å²) in [6, 6.07) is 23.7. The number of piperidine rings is 1. The number of aryl methyl sites for hydroxylation is 1. The predicted octanol–water partition coefficient (Wildman–Crippen LogP) is 1.47. The van der Waals surface area contributed by atoms with Gasteiger partial charge in [-0.3, -0.25) is 57.0 Å². The molecule has 2 aromatic heterocycles. The lowest BCUT2D eigenvalue weighted by Crippen LogP contribution is -2.62. The highest BCUT2D eigenvalue weighted by Crippen LogP contribution is 2.40. The van der Waals surface area contributed by atoms with Crippen molar-refractivity contribution in [1.29, 1.82) is 0 Å². The summed E-state index contributed by atoms with van der Waals surface area (Å²) in [5.74, 6) is -3.96. The van der Waals surface area contributed by atoms with E-state index in [0.717, 1.165) is 16.8 Å². The Morgan fingerprint density at radius 3 is 2.15 bits per heavy atom. The Balaban J connectivity index is 0.842. The molecule has 6 aromatic rings. The number of hydrogen-bond donors (Lipinski definition) is 9. The van der Waals surface area contributed by atoms with Gasteiger partial charge in [0, 0.05) is 100 Å². The van der Waals surface area contributed by atoms with E-state index in [1.165, 1.54) is 38.3 Å². The zero-order valence-electron chi connectivity index (χ0n) is 46.1. The molecule has 2 unspecified atom stereocenters. The van der Waals surface area contributed by atoms with Crippen LogP contribution in [0.25, 0.3) is 21.9 Å². The van der Waals surface area contributed by atoms with Crippen molar-refractivity contribution in [2.24, 2.45) is 12.8 Å². The van der Waals surface area contributed by atoms with E-state index in [2.05, 4.69) is 36.1 Å². The second kappa shape index (κ2) is 24.8. The third kappa shape index (κ3) is 12.7. The molecule has 4 fully saturated rings. The van der Waals surface area contributed by atoms with Gasteiger partial charge in [-0.25, -0.2) is 4.79 Å². The summed E-state index contributed by atoms with van der Waals surface area (Å²) in [4.78, 5) is 152. The summed E-state index contributed by atoms with van der Waals surface area (Å²) in [5.41, 5.74) is 7.55. The standard InChI is InChI=1S/C58H67N12O13P/c1-65-47-32-39(14-17-44(47)70(58(65)80)46-19-21-49(72)63-55(46)77)67-28-26-66(27-29-67)24-23-50(73)68-25-22-38-13-18-45(54(76)61-41(16-20-48(59)71)52(74)64-51(34-8-4-2-5-9-34)35-10-6-3-7-11-35)69(38)56(78)43(33-68)62-53(75)42-31-37-30-36(12-15-40(37)60-42)57(79)84(81,82)83/h2-12,14-15,17,30-32,38,41,43,45-46,51,55,60,77H,13,16,18-29,33H2,1H3,(H2,59,71)(H,61,76)(H,62,75)(H,63,72)(H,64,74)(H2,81,82,83)/t38-,41+,43+,45+,46?,55?/m1/s1. The van der Waals surface area contributed by atoms with Gasteiger partial charge in [0.25, 0.3) is 11.4 Å². The van der Waals surface area contributed by atoms with Crippen LogP contribution in [0.1, 0.15) is 95.4 Å². The van der Waals surface area contributed by atoms with E-state index in [0.29, 0.717) is 62.1 Å². The summed E-state index contributed by atoms with van der Waals surface area (Å²) < 4.78 is 14.8. The maximum Gasteiger partial charge on any atom is 0.396 e. The number of hydrogen-bond acceptors (Lipinski definition) is 13. The third-order valence-electron chi connectivity index (χ3n) is 16.5. The minimum Gasteiger partial charge on any atom is -0.372 e. The number of nitrogens with two attached hydrogens (primary N) is 1. The van der Waals surface area contributed by atoms with Crippen LogP contribution in [-0.4, -0.2) is 167 Å². The van der Waals surface area contributed by atoms with Gasteiger partial charge in [-0.2, -0.15) is 0 Å². The number of aliphatic hydroxyl groups excluding tert-OH is 1. The number of carbonyl (C=O) groups is 8. The molecule has 0 saturated carbocycles. The molecule has 0 radical (unpaired) electrons. The molecule has 4 aromatic carbocycles. The maximum atomic E-state index is 15.1. The summed E-state index contributed by atoms with van der Waals surface area (Å²) in [7, 11) is -3.46. The van der Waals surface area contributed by atoms with Crippen molar-refractivity contribution in [3.8, 4) is 0 Å². The molecular formula is C58H67N12O13P. The van der Waals surface area contributed by atoms with E-state index < -0.39 is 85.1 Å². The summed E-state index contributed by atoms with van der Waals surface area (Å²) in [6.45, 7) is 2.67. The van der Waals surface area contributed by atoms with E-state index in [9.17, 15) is 57.8 Å². The number of rotatable bonds is 18. The average molecular weight is 1170 g/mol. The molecule has 0 spiro atoms. The minimum atomic E-state index is -5.13. The number of primary amides is 1. The molecule has 10 rings (SSSR count). The van der Waals surface area contributed by atoms with Crippen molar-refractivity contribution >= 4 is 82.1 Å². The Bertz CT molecular complexity index is 3590. The van der Waals surface area contributed by atoms with Crippen LogP contribution in [0.3, 0.4) is 0 Å². The number of benzene rings is 4. The second-order valence-corrected chi connectivity index (χ2v) is 23.4. The number of anilines is 1. The predicted molar refractivity (Wildman–Crippen MR) is 307 cm³/mol. The minimum absolute atomic E-state index is 0.0736. The van der Waals surface area contributed by atoms with E-state index >= 15 is 4.79 Å². The molecule has 6 atom stereocenters. The largest absolute Gasteiger partial charge is 0.396 e. The first-order valence-corrected chi connectivity index (χ1v) is 29.6. The van der Waals surface area contributed by atoms with Gasteiger partial charge in [0.05, 0.1) is 23.1 Å². The smallest absolute Gasteiger partial charge is 0.372 e. The van der Waals surface area contributed by atoms with E-state index in [4.69, 9.17) is 5.73 Å². The molecule has 7 amide bonds. The molecule has 442 valence electrons. The summed E-state index contributed by atoms with van der Waals surface area (Å²) >= 11 is 0. The molecule has 26 heteroatoms. The quantitative estimate of drug-likeness (QED) is 0.0551. The fourth-order valence-corrected chi connectivity index (χ4v) is 12.5. The van der Waals surface area contributed by atoms with Crippen LogP contribution in [0.2, 0.25) is 0 Å². The molecular weight excluding hydrogens is 1100 g/mol. The van der Waals surface area contributed by atoms with E-state index in [1.54, 1.807) is 11.9 Å². The lowest BCUT2D eigenvalue weighted by molar-refractivity contribution is -0.145. The SMILES string of the molecule is Cn1c(=O)n(C2CCC(=O)NC2O)c2ccc(N3CCN(CCC(=O)N4CC[C@H]5CC[C@@H](C(=O)N[C@@H](CCC(N)=O)C(=O)NC(c6ccccc6)c6ccccc6)N5C(=O)[C@@H](NC(=O)c5cc6cc(C(=O)P(=O)(O)O)ccc6[nH]5)C4)CC3)cc21. The van der Waals surface area contributed by atoms with Gasteiger partial charge in [-0.05, 0) is 85.7 Å². The average Bonchev–Trinajstić information content (AvgIpc) is 2.53. The highest BCUT2D eigenvalue weighted by molar-refractivity contribution is 7.70. The molecule has 0 aliphatic carbocycles. The molecule has 6 heterocycles. The third-order valence-corrected chi connectivity index (χ3v) is 17.3. The first kappa shape index (κ1) is 58.7. The van der Waals surface area contributed by atoms with Crippen molar-refractivity contribution in [3.63, 3.8) is 0 Å². The Morgan fingerprint density at radius 1 is 0.786 bits per heavy atom. The van der Waals surface area contributed by atoms with Crippen LogP contribution in [0.5, 0.6) is 0 Å². The highest BCUT2D eigenvalue weighted by Gasteiger charge is 2.46. The zero-order chi connectivity index (χ0) is 59.6. The van der Waals surface area contributed by atoms with Gasteiger partial charge in [0.1, 0.15) is 30.0 Å². The Morgan fingerprint density at radius 2 is 1.49 bits per heavy atom. The van der Waals surface area contributed by atoms with Gasteiger partial charge in [0.2, 0.25) is 35.4 Å². The Hall–Kier alpha value is -8.48. The number of aromatic nitrogens is 3. The van der Waals surface area contributed by atoms with Crippen molar-refractivity contribution < 1.29 is 57.8 Å². The number of piperazine rings is 1. The fourth-order valence-electron chi connectivity index (χ4n) is 12.0. The van der Waals surface area contributed by atoms with Crippen molar-refractivity contribution in [2.45, 2.75) is 93.8 Å². The van der Waals surface area contributed by atoms with Crippen LogP contribution in [0.15, 0.2) is 108 Å². The van der Waals surface area contributed by atoms with Gasteiger partial charge in [-0.1, -0.05) is 60.7 Å². The number of H-pyrrole nitrogens is 1. The Kier molecular flexibility index (Phi) is 17.3. The van der Waals surface area contributed by atoms with Crippen LogP contribution in [0.4, 0.5) is 5.69 Å². The van der Waals surface area contributed by atoms with Crippen molar-refractivity contribution in [1.82, 2.24) is 50.1 Å². The number of nitrogens with zero attached hydrogens (tertiary/aromatic N) is 6. The van der Waals surface area contributed by atoms with Crippen LogP contribution < -0.4 is 37.6 Å². The van der Waals surface area contributed by atoms with Crippen LogP contribution >= 0.6 is 7.60 Å². The second-order valence-electron chi connectivity index (χ2n) is 21.9. The summed E-state index contributed by atoms with van der Waals surface area (Å²) in [5, 5.41) is 22.1. The number of fused-ring (bicyclic) bond motifs is 3. The normalized spacial score (nSPS) is 20.9. The van der Waals surface area contributed by atoms with Gasteiger partial charge in [-0.15, -0.1) is 0 Å². The van der Waals surface area contributed by atoms with Gasteiger partial charge in [0.15, 0.2) is 0 Å². The molecule has 4 aliphatic rings. The molecule has 0 bridgehead atoms. The topological polar surface area (TPSA) is 344 Å². The molecule has 10 N–H and O–H groups in total. The lowest BCUT2D eigenvalue weighted by atomic mass is 9.98. The van der Waals surface area contributed by atoms with E-state index in [1.807, 2.05) is 78.9 Å².